The van der Waals surface area contributed by atoms with Crippen LogP contribution >= 0.6 is 22.7 Å². The van der Waals surface area contributed by atoms with Crippen LogP contribution in [0.25, 0.3) is 10.6 Å². The summed E-state index contributed by atoms with van der Waals surface area (Å²) in [4.78, 5) is 17.8. The number of benzene rings is 1. The summed E-state index contributed by atoms with van der Waals surface area (Å²) in [5.41, 5.74) is 3.56. The molecule has 0 aliphatic carbocycles. The van der Waals surface area contributed by atoms with E-state index >= 15 is 0 Å². The fourth-order valence-electron chi connectivity index (χ4n) is 2.42. The summed E-state index contributed by atoms with van der Waals surface area (Å²) in [6.45, 7) is 7.80. The van der Waals surface area contributed by atoms with Gasteiger partial charge >= 0.3 is 0 Å². The second-order valence-corrected chi connectivity index (χ2v) is 7.82. The monoisotopic (exact) mass is 372 g/mol. The van der Waals surface area contributed by atoms with Crippen molar-refractivity contribution in [2.45, 2.75) is 33.8 Å². The molecule has 0 bridgehead atoms. The van der Waals surface area contributed by atoms with Crippen LogP contribution in [0.15, 0.2) is 35.0 Å². The van der Waals surface area contributed by atoms with Gasteiger partial charge in [-0.1, -0.05) is 0 Å². The van der Waals surface area contributed by atoms with Crippen molar-refractivity contribution < 1.29 is 9.53 Å². The van der Waals surface area contributed by atoms with Gasteiger partial charge in [-0.25, -0.2) is 4.98 Å². The summed E-state index contributed by atoms with van der Waals surface area (Å²) < 4.78 is 5.68. The van der Waals surface area contributed by atoms with Crippen LogP contribution in [0, 0.1) is 13.8 Å². The Bertz CT molecular complexity index is 883. The number of nitrogens with one attached hydrogen (secondary N) is 1. The summed E-state index contributed by atoms with van der Waals surface area (Å²) >= 11 is 3.04. The first-order valence-electron chi connectivity index (χ1n) is 8.02. The minimum Gasteiger partial charge on any atom is -0.491 e. The van der Waals surface area contributed by atoms with Crippen LogP contribution in [-0.4, -0.2) is 17.0 Å². The number of ether oxygens (including phenoxy) is 1. The quantitative estimate of drug-likeness (QED) is 0.641. The van der Waals surface area contributed by atoms with Crippen LogP contribution in [-0.2, 0) is 0 Å². The number of nitrogens with zero attached hydrogens (tertiary/aromatic N) is 1. The van der Waals surface area contributed by atoms with Gasteiger partial charge in [0.1, 0.15) is 15.6 Å². The largest absolute Gasteiger partial charge is 0.491 e. The Balaban J connectivity index is 1.79. The molecule has 1 amide bonds. The van der Waals surface area contributed by atoms with Gasteiger partial charge in [0.2, 0.25) is 0 Å². The van der Waals surface area contributed by atoms with Crippen LogP contribution in [0.3, 0.4) is 0 Å². The summed E-state index contributed by atoms with van der Waals surface area (Å²) in [6, 6.07) is 7.70. The third-order valence-corrected chi connectivity index (χ3v) is 5.48. The summed E-state index contributed by atoms with van der Waals surface area (Å²) in [5.74, 6) is 0.677. The summed E-state index contributed by atoms with van der Waals surface area (Å²) in [5, 5.41) is 7.91. The number of anilines is 1. The molecule has 0 aliphatic heterocycles. The first kappa shape index (κ1) is 17.6. The second-order valence-electron chi connectivity index (χ2n) is 6.04. The van der Waals surface area contributed by atoms with Gasteiger partial charge in [0.15, 0.2) is 0 Å². The van der Waals surface area contributed by atoms with Crippen LogP contribution in [0.4, 0.5) is 5.69 Å². The van der Waals surface area contributed by atoms with Crippen molar-refractivity contribution in [3.63, 3.8) is 0 Å². The van der Waals surface area contributed by atoms with E-state index in [0.717, 1.165) is 33.3 Å². The highest BCUT2D eigenvalue weighted by Crippen LogP contribution is 2.30. The van der Waals surface area contributed by atoms with E-state index in [1.54, 1.807) is 11.3 Å². The molecule has 130 valence electrons. The van der Waals surface area contributed by atoms with Crippen LogP contribution in [0.5, 0.6) is 5.75 Å². The van der Waals surface area contributed by atoms with Gasteiger partial charge in [-0.15, -0.1) is 11.3 Å². The zero-order chi connectivity index (χ0) is 18.0. The molecule has 0 aliphatic rings. The molecule has 0 unspecified atom stereocenters. The van der Waals surface area contributed by atoms with Gasteiger partial charge in [-0.2, -0.15) is 11.3 Å². The van der Waals surface area contributed by atoms with Crippen molar-refractivity contribution in [1.82, 2.24) is 4.98 Å². The predicted molar refractivity (Wildman–Crippen MR) is 105 cm³/mol. The van der Waals surface area contributed by atoms with Crippen LogP contribution in [0.1, 0.15) is 34.8 Å². The Labute approximate surface area is 155 Å². The average molecular weight is 373 g/mol. The first-order valence-corrected chi connectivity index (χ1v) is 9.78. The maximum atomic E-state index is 12.7. The van der Waals surface area contributed by atoms with Crippen molar-refractivity contribution in [2.75, 3.05) is 5.32 Å². The van der Waals surface area contributed by atoms with E-state index in [-0.39, 0.29) is 12.0 Å². The molecule has 4 nitrogen and oxygen atoms in total. The zero-order valence-electron chi connectivity index (χ0n) is 14.6. The molecule has 0 atom stereocenters. The normalized spacial score (nSPS) is 10.9. The van der Waals surface area contributed by atoms with Crippen molar-refractivity contribution in [2.24, 2.45) is 0 Å². The number of hydrogen-bond donors (Lipinski definition) is 1. The lowest BCUT2D eigenvalue weighted by molar-refractivity contribution is 0.102. The lowest BCUT2D eigenvalue weighted by Gasteiger charge is -2.13. The Hall–Kier alpha value is -2.18. The van der Waals surface area contributed by atoms with Crippen molar-refractivity contribution in [1.29, 1.82) is 0 Å². The fraction of sp³-hybridized carbons (Fsp3) is 0.263. The number of rotatable bonds is 5. The lowest BCUT2D eigenvalue weighted by atomic mass is 10.2. The standard InChI is InChI=1S/C19H20N2O2S2/c1-11(2)23-15-5-6-16(12(3)9-15)21-18(22)17-13(4)20-19(25-17)14-7-8-24-10-14/h5-11H,1-4H3,(H,21,22). The highest BCUT2D eigenvalue weighted by Gasteiger charge is 2.17. The van der Waals surface area contributed by atoms with Gasteiger partial charge in [0.25, 0.3) is 5.91 Å². The number of carbonyl (C=O) groups excluding carboxylic acids is 1. The number of amides is 1. The van der Waals surface area contributed by atoms with Crippen LogP contribution in [0.2, 0.25) is 0 Å². The average Bonchev–Trinajstić information content (AvgIpc) is 3.18. The van der Waals surface area contributed by atoms with Gasteiger partial charge in [-0.3, -0.25) is 4.79 Å². The second kappa shape index (κ2) is 7.37. The molecule has 6 heteroatoms. The maximum Gasteiger partial charge on any atom is 0.267 e. The van der Waals surface area contributed by atoms with E-state index in [0.29, 0.717) is 4.88 Å². The molecule has 0 fully saturated rings. The van der Waals surface area contributed by atoms with Gasteiger partial charge in [0.05, 0.1) is 11.8 Å². The number of aryl methyl sites for hydroxylation is 2. The predicted octanol–water partition coefficient (Wildman–Crippen LogP) is 5.53. The fourth-order valence-corrected chi connectivity index (χ4v) is 4.09. The molecule has 2 aromatic heterocycles. The maximum absolute atomic E-state index is 12.7. The van der Waals surface area contributed by atoms with E-state index in [1.807, 2.05) is 62.7 Å². The van der Waals surface area contributed by atoms with E-state index in [9.17, 15) is 4.79 Å². The number of thiazole rings is 1. The Kier molecular flexibility index (Phi) is 5.20. The Morgan fingerprint density at radius 3 is 2.68 bits per heavy atom. The summed E-state index contributed by atoms with van der Waals surface area (Å²) in [6.07, 6.45) is 0.121. The summed E-state index contributed by atoms with van der Waals surface area (Å²) in [7, 11) is 0. The van der Waals surface area contributed by atoms with E-state index in [1.165, 1.54) is 11.3 Å². The molecule has 3 aromatic rings. The topological polar surface area (TPSA) is 51.2 Å². The van der Waals surface area contributed by atoms with Crippen molar-refractivity contribution >= 4 is 34.3 Å². The lowest BCUT2D eigenvalue weighted by Crippen LogP contribution is -2.13. The van der Waals surface area contributed by atoms with Gasteiger partial charge < -0.3 is 10.1 Å². The molecule has 3 rings (SSSR count). The first-order chi connectivity index (χ1) is 11.9. The molecular formula is C19H20N2O2S2. The van der Waals surface area contributed by atoms with Gasteiger partial charge in [0, 0.05) is 16.6 Å². The number of hydrogen-bond acceptors (Lipinski definition) is 5. The molecule has 1 aromatic carbocycles. The zero-order valence-corrected chi connectivity index (χ0v) is 16.3. The Morgan fingerprint density at radius 1 is 1.24 bits per heavy atom. The van der Waals surface area contributed by atoms with Crippen molar-refractivity contribution in [3.05, 3.63) is 51.2 Å². The molecule has 0 saturated heterocycles. The highest BCUT2D eigenvalue weighted by molar-refractivity contribution is 7.17. The van der Waals surface area contributed by atoms with E-state index in [2.05, 4.69) is 10.3 Å². The van der Waals surface area contributed by atoms with Crippen molar-refractivity contribution in [3.8, 4) is 16.3 Å². The van der Waals surface area contributed by atoms with Gasteiger partial charge in [-0.05, 0) is 62.9 Å². The SMILES string of the molecule is Cc1cc(OC(C)C)ccc1NC(=O)c1sc(-c2ccsc2)nc1C. The molecule has 0 spiro atoms. The number of thiophene rings is 1. The third kappa shape index (κ3) is 4.08. The minimum atomic E-state index is -0.128. The molecule has 25 heavy (non-hydrogen) atoms. The smallest absolute Gasteiger partial charge is 0.267 e. The molecule has 0 saturated carbocycles. The third-order valence-electron chi connectivity index (χ3n) is 3.59. The van der Waals surface area contributed by atoms with E-state index in [4.69, 9.17) is 4.74 Å². The van der Waals surface area contributed by atoms with Crippen LogP contribution < -0.4 is 10.1 Å². The molecule has 1 N–H and O–H groups in total. The van der Waals surface area contributed by atoms with E-state index < -0.39 is 0 Å². The number of carbonyl (C=O) groups is 1. The molecule has 2 heterocycles. The number of aromatic nitrogens is 1. The highest BCUT2D eigenvalue weighted by atomic mass is 32.1. The molecule has 0 radical (unpaired) electrons. The molecular weight excluding hydrogens is 352 g/mol. The minimum absolute atomic E-state index is 0.121. The Morgan fingerprint density at radius 2 is 2.04 bits per heavy atom.